The summed E-state index contributed by atoms with van der Waals surface area (Å²) in [5.74, 6) is -0.435. The molecule has 0 aliphatic carbocycles. The summed E-state index contributed by atoms with van der Waals surface area (Å²) in [6, 6.07) is 0. The lowest BCUT2D eigenvalue weighted by Gasteiger charge is -2.16. The minimum atomic E-state index is -0.435. The fourth-order valence-corrected chi connectivity index (χ4v) is 1.39. The van der Waals surface area contributed by atoms with Gasteiger partial charge >= 0.3 is 0 Å². The number of rotatable bonds is 6. The van der Waals surface area contributed by atoms with E-state index in [1.807, 2.05) is 19.9 Å². The van der Waals surface area contributed by atoms with Gasteiger partial charge < -0.3 is 14.2 Å². The van der Waals surface area contributed by atoms with Crippen molar-refractivity contribution in [3.05, 3.63) is 12.7 Å². The zero-order valence-corrected chi connectivity index (χ0v) is 9.12. The van der Waals surface area contributed by atoms with Gasteiger partial charge in [0, 0.05) is 6.61 Å². The van der Waals surface area contributed by atoms with Gasteiger partial charge in [-0.25, -0.2) is 0 Å². The number of ether oxygens (including phenoxy) is 3. The van der Waals surface area contributed by atoms with E-state index in [1.165, 1.54) is 0 Å². The van der Waals surface area contributed by atoms with Crippen LogP contribution >= 0.6 is 0 Å². The van der Waals surface area contributed by atoms with Gasteiger partial charge in [-0.1, -0.05) is 6.08 Å². The predicted molar refractivity (Wildman–Crippen MR) is 55.2 cm³/mol. The Hall–Kier alpha value is -0.380. The van der Waals surface area contributed by atoms with E-state index in [0.717, 1.165) is 19.4 Å². The van der Waals surface area contributed by atoms with Crippen LogP contribution in [0.1, 0.15) is 26.7 Å². The number of unbranched alkanes of at least 4 members (excludes halogenated alkanes) is 1. The Morgan fingerprint density at radius 3 is 2.93 bits per heavy atom. The smallest absolute Gasteiger partial charge is 0.163 e. The van der Waals surface area contributed by atoms with E-state index < -0.39 is 5.79 Å². The Morgan fingerprint density at radius 2 is 2.36 bits per heavy atom. The lowest BCUT2D eigenvalue weighted by atomic mass is 10.3. The van der Waals surface area contributed by atoms with Crippen molar-refractivity contribution in [2.75, 3.05) is 19.8 Å². The Bertz CT molecular complexity index is 177. The molecule has 0 aromatic rings. The zero-order chi connectivity index (χ0) is 10.4. The summed E-state index contributed by atoms with van der Waals surface area (Å²) in [5.41, 5.74) is 0. The molecular weight excluding hydrogens is 180 g/mol. The molecule has 1 atom stereocenters. The molecule has 1 fully saturated rings. The molecule has 1 rings (SSSR count). The van der Waals surface area contributed by atoms with E-state index in [9.17, 15) is 0 Å². The molecule has 82 valence electrons. The van der Waals surface area contributed by atoms with Gasteiger partial charge in [0.2, 0.25) is 0 Å². The first-order valence-electron chi connectivity index (χ1n) is 5.14. The summed E-state index contributed by atoms with van der Waals surface area (Å²) in [5, 5.41) is 0. The van der Waals surface area contributed by atoms with Crippen molar-refractivity contribution in [2.24, 2.45) is 0 Å². The molecule has 1 saturated heterocycles. The molecule has 1 heterocycles. The van der Waals surface area contributed by atoms with Crippen LogP contribution < -0.4 is 0 Å². The molecule has 3 nitrogen and oxygen atoms in total. The quantitative estimate of drug-likeness (QED) is 0.485. The highest BCUT2D eigenvalue weighted by molar-refractivity contribution is 4.70. The molecule has 0 radical (unpaired) electrons. The average Bonchev–Trinajstić information content (AvgIpc) is 2.45. The zero-order valence-electron chi connectivity index (χ0n) is 9.12. The van der Waals surface area contributed by atoms with E-state index in [2.05, 4.69) is 6.58 Å². The largest absolute Gasteiger partial charge is 0.379 e. The van der Waals surface area contributed by atoms with Crippen molar-refractivity contribution in [1.29, 1.82) is 0 Å². The molecule has 0 bridgehead atoms. The van der Waals surface area contributed by atoms with Crippen molar-refractivity contribution in [3.63, 3.8) is 0 Å². The van der Waals surface area contributed by atoms with Crippen LogP contribution in [0.4, 0.5) is 0 Å². The van der Waals surface area contributed by atoms with Crippen molar-refractivity contribution in [2.45, 2.75) is 38.6 Å². The Kier molecular flexibility index (Phi) is 4.58. The maximum Gasteiger partial charge on any atom is 0.163 e. The van der Waals surface area contributed by atoms with Crippen molar-refractivity contribution < 1.29 is 14.2 Å². The highest BCUT2D eigenvalue weighted by Gasteiger charge is 2.32. The molecule has 14 heavy (non-hydrogen) atoms. The SMILES string of the molecule is C=CCCCOCC1COC(C)(C)O1. The van der Waals surface area contributed by atoms with Gasteiger partial charge in [0.05, 0.1) is 13.2 Å². The molecule has 3 heteroatoms. The van der Waals surface area contributed by atoms with E-state index in [4.69, 9.17) is 14.2 Å². The first kappa shape index (κ1) is 11.7. The first-order valence-corrected chi connectivity index (χ1v) is 5.14. The second kappa shape index (κ2) is 5.49. The van der Waals surface area contributed by atoms with E-state index in [-0.39, 0.29) is 6.10 Å². The maximum atomic E-state index is 5.59. The number of hydrogen-bond donors (Lipinski definition) is 0. The molecule has 0 amide bonds. The topological polar surface area (TPSA) is 27.7 Å². The molecule has 1 aliphatic rings. The van der Waals surface area contributed by atoms with Gasteiger partial charge in [-0.05, 0) is 26.7 Å². The van der Waals surface area contributed by atoms with Gasteiger partial charge in [0.15, 0.2) is 5.79 Å². The third-order valence-corrected chi connectivity index (χ3v) is 2.07. The van der Waals surface area contributed by atoms with Gasteiger partial charge in [-0.15, -0.1) is 6.58 Å². The summed E-state index contributed by atoms with van der Waals surface area (Å²) < 4.78 is 16.5. The van der Waals surface area contributed by atoms with Crippen LogP contribution in [0.15, 0.2) is 12.7 Å². The molecule has 1 aliphatic heterocycles. The third-order valence-electron chi connectivity index (χ3n) is 2.07. The van der Waals surface area contributed by atoms with Gasteiger partial charge in [-0.3, -0.25) is 0 Å². The molecule has 0 aromatic carbocycles. The summed E-state index contributed by atoms with van der Waals surface area (Å²) in [4.78, 5) is 0. The summed E-state index contributed by atoms with van der Waals surface area (Å²) in [6.07, 6.45) is 4.03. The molecule has 0 aromatic heterocycles. The second-order valence-corrected chi connectivity index (χ2v) is 3.96. The Labute approximate surface area is 86.0 Å². The first-order chi connectivity index (χ1) is 6.64. The van der Waals surface area contributed by atoms with Gasteiger partial charge in [0.25, 0.3) is 0 Å². The van der Waals surface area contributed by atoms with Gasteiger partial charge in [-0.2, -0.15) is 0 Å². The summed E-state index contributed by atoms with van der Waals surface area (Å²) in [6.45, 7) is 9.53. The van der Waals surface area contributed by atoms with E-state index >= 15 is 0 Å². The molecule has 0 saturated carbocycles. The van der Waals surface area contributed by atoms with Crippen molar-refractivity contribution in [1.82, 2.24) is 0 Å². The molecule has 0 N–H and O–H groups in total. The van der Waals surface area contributed by atoms with Crippen LogP contribution in [-0.4, -0.2) is 31.7 Å². The molecular formula is C11H20O3. The minimum absolute atomic E-state index is 0.0914. The predicted octanol–water partition coefficient (Wildman–Crippen LogP) is 2.12. The Morgan fingerprint density at radius 1 is 1.57 bits per heavy atom. The fourth-order valence-electron chi connectivity index (χ4n) is 1.39. The summed E-state index contributed by atoms with van der Waals surface area (Å²) >= 11 is 0. The molecule has 0 spiro atoms. The van der Waals surface area contributed by atoms with Crippen LogP contribution in [0.5, 0.6) is 0 Å². The van der Waals surface area contributed by atoms with E-state index in [0.29, 0.717) is 13.2 Å². The standard InChI is InChI=1S/C11H20O3/c1-4-5-6-7-12-8-10-9-13-11(2,3)14-10/h4,10H,1,5-9H2,2-3H3. The van der Waals surface area contributed by atoms with Crippen molar-refractivity contribution in [3.8, 4) is 0 Å². The minimum Gasteiger partial charge on any atom is -0.379 e. The third kappa shape index (κ3) is 4.22. The number of allylic oxidation sites excluding steroid dienone is 1. The second-order valence-electron chi connectivity index (χ2n) is 3.96. The maximum absolute atomic E-state index is 5.59. The lowest BCUT2D eigenvalue weighted by molar-refractivity contribution is -0.145. The van der Waals surface area contributed by atoms with Crippen LogP contribution in [0.3, 0.4) is 0 Å². The summed E-state index contributed by atoms with van der Waals surface area (Å²) in [7, 11) is 0. The van der Waals surface area contributed by atoms with Crippen LogP contribution in [0.25, 0.3) is 0 Å². The monoisotopic (exact) mass is 200 g/mol. The fraction of sp³-hybridized carbons (Fsp3) is 0.818. The highest BCUT2D eigenvalue weighted by atomic mass is 16.7. The van der Waals surface area contributed by atoms with Crippen LogP contribution in [-0.2, 0) is 14.2 Å². The normalized spacial score (nSPS) is 25.1. The average molecular weight is 200 g/mol. The van der Waals surface area contributed by atoms with Crippen molar-refractivity contribution >= 4 is 0 Å². The van der Waals surface area contributed by atoms with Gasteiger partial charge in [0.1, 0.15) is 6.10 Å². The van der Waals surface area contributed by atoms with E-state index in [1.54, 1.807) is 0 Å². The van der Waals surface area contributed by atoms with Crippen LogP contribution in [0, 0.1) is 0 Å². The number of hydrogen-bond acceptors (Lipinski definition) is 3. The van der Waals surface area contributed by atoms with Crippen LogP contribution in [0.2, 0.25) is 0 Å². The Balaban J connectivity index is 2.00. The molecule has 1 unspecified atom stereocenters. The highest BCUT2D eigenvalue weighted by Crippen LogP contribution is 2.22. The lowest BCUT2D eigenvalue weighted by Crippen LogP contribution is -2.24.